The predicted octanol–water partition coefficient (Wildman–Crippen LogP) is 1.91. The molecule has 6 nitrogen and oxygen atoms in total. The van der Waals surface area contributed by atoms with E-state index in [1.54, 1.807) is 13.8 Å². The summed E-state index contributed by atoms with van der Waals surface area (Å²) in [7, 11) is -3.49. The molecule has 1 N–H and O–H groups in total. The van der Waals surface area contributed by atoms with Crippen LogP contribution in [0.4, 0.5) is 5.00 Å². The third kappa shape index (κ3) is 4.04. The summed E-state index contributed by atoms with van der Waals surface area (Å²) in [5.74, 6) is -1.19. The minimum absolute atomic E-state index is 0.223. The smallest absolute Gasteiger partial charge is 0.341 e. The fraction of sp³-hybridized carbons (Fsp3) is 0.538. The lowest BCUT2D eigenvalue weighted by atomic mass is 10.1. The standard InChI is InChI=1S/C13H19NO5S2/c1-6-19-13(16)10-7(2)8(3)20-12(10)14-11(15)9(4)21(5,17)18/h9H,6H2,1-5H3,(H,14,15). The summed E-state index contributed by atoms with van der Waals surface area (Å²) in [4.78, 5) is 24.8. The van der Waals surface area contributed by atoms with Crippen molar-refractivity contribution in [2.45, 2.75) is 32.9 Å². The number of sulfone groups is 1. The van der Waals surface area contributed by atoms with E-state index in [1.807, 2.05) is 6.92 Å². The topological polar surface area (TPSA) is 89.5 Å². The Bertz CT molecular complexity index is 660. The van der Waals surface area contributed by atoms with E-state index in [4.69, 9.17) is 4.74 Å². The maximum atomic E-state index is 12.0. The lowest BCUT2D eigenvalue weighted by Crippen LogP contribution is -2.32. The van der Waals surface area contributed by atoms with Crippen LogP contribution < -0.4 is 5.32 Å². The molecule has 0 aromatic carbocycles. The van der Waals surface area contributed by atoms with Crippen LogP contribution in [0.15, 0.2) is 0 Å². The van der Waals surface area contributed by atoms with Crippen LogP contribution >= 0.6 is 11.3 Å². The van der Waals surface area contributed by atoms with E-state index in [1.165, 1.54) is 18.3 Å². The number of esters is 1. The molecule has 1 atom stereocenters. The highest BCUT2D eigenvalue weighted by atomic mass is 32.2. The molecule has 1 unspecified atom stereocenters. The molecule has 1 aromatic heterocycles. The molecular weight excluding hydrogens is 314 g/mol. The lowest BCUT2D eigenvalue weighted by molar-refractivity contribution is -0.115. The molecule has 1 aromatic rings. The van der Waals surface area contributed by atoms with E-state index in [9.17, 15) is 18.0 Å². The lowest BCUT2D eigenvalue weighted by Gasteiger charge is -2.10. The molecule has 0 fully saturated rings. The quantitative estimate of drug-likeness (QED) is 0.831. The van der Waals surface area contributed by atoms with Gasteiger partial charge in [-0.3, -0.25) is 4.79 Å². The van der Waals surface area contributed by atoms with Gasteiger partial charge in [-0.15, -0.1) is 11.3 Å². The first-order valence-electron chi connectivity index (χ1n) is 6.36. The Morgan fingerprint density at radius 3 is 2.38 bits per heavy atom. The molecular formula is C13H19NO5S2. The number of amides is 1. The number of carbonyl (C=O) groups is 2. The molecule has 0 aliphatic rings. The van der Waals surface area contributed by atoms with Crippen molar-refractivity contribution in [1.82, 2.24) is 0 Å². The van der Waals surface area contributed by atoms with Crippen LogP contribution in [0.5, 0.6) is 0 Å². The van der Waals surface area contributed by atoms with Gasteiger partial charge in [0, 0.05) is 11.1 Å². The third-order valence-corrected chi connectivity index (χ3v) is 5.73. The first-order valence-corrected chi connectivity index (χ1v) is 9.13. The Balaban J connectivity index is 3.12. The minimum Gasteiger partial charge on any atom is -0.462 e. The van der Waals surface area contributed by atoms with Gasteiger partial charge in [0.2, 0.25) is 5.91 Å². The Hall–Kier alpha value is -1.41. The van der Waals surface area contributed by atoms with E-state index in [-0.39, 0.29) is 12.2 Å². The van der Waals surface area contributed by atoms with Crippen LogP contribution in [0.25, 0.3) is 0 Å². The summed E-state index contributed by atoms with van der Waals surface area (Å²) in [6.45, 7) is 6.80. The minimum atomic E-state index is -3.49. The molecule has 1 rings (SSSR count). The highest BCUT2D eigenvalue weighted by Crippen LogP contribution is 2.33. The molecule has 1 amide bonds. The Morgan fingerprint density at radius 2 is 1.90 bits per heavy atom. The number of thiophene rings is 1. The summed E-state index contributed by atoms with van der Waals surface area (Å²) >= 11 is 1.22. The summed E-state index contributed by atoms with van der Waals surface area (Å²) in [5, 5.41) is 1.66. The number of carbonyl (C=O) groups excluding carboxylic acids is 2. The molecule has 21 heavy (non-hydrogen) atoms. The normalized spacial score (nSPS) is 12.8. The molecule has 0 saturated carbocycles. The molecule has 118 valence electrons. The van der Waals surface area contributed by atoms with E-state index < -0.39 is 27.0 Å². The van der Waals surface area contributed by atoms with Crippen LogP contribution in [0.2, 0.25) is 0 Å². The summed E-state index contributed by atoms with van der Waals surface area (Å²) in [6, 6.07) is 0. The molecule has 0 bridgehead atoms. The van der Waals surface area contributed by atoms with Gasteiger partial charge in [0.1, 0.15) is 10.3 Å². The maximum Gasteiger partial charge on any atom is 0.341 e. The molecule has 0 aliphatic heterocycles. The van der Waals surface area contributed by atoms with Gasteiger partial charge >= 0.3 is 5.97 Å². The van der Waals surface area contributed by atoms with Crippen LogP contribution in [0, 0.1) is 13.8 Å². The van der Waals surface area contributed by atoms with Gasteiger partial charge in [0.25, 0.3) is 0 Å². The van der Waals surface area contributed by atoms with Crippen LogP contribution in [-0.4, -0.2) is 38.4 Å². The Morgan fingerprint density at radius 1 is 1.33 bits per heavy atom. The van der Waals surface area contributed by atoms with Crippen molar-refractivity contribution < 1.29 is 22.7 Å². The number of aryl methyl sites for hydroxylation is 1. The second kappa shape index (κ2) is 6.57. The zero-order chi connectivity index (χ0) is 16.4. The Kier molecular flexibility index (Phi) is 5.52. The fourth-order valence-corrected chi connectivity index (χ4v) is 3.07. The predicted molar refractivity (Wildman–Crippen MR) is 82.7 cm³/mol. The zero-order valence-electron chi connectivity index (χ0n) is 12.6. The monoisotopic (exact) mass is 333 g/mol. The first-order chi connectivity index (χ1) is 9.59. The van der Waals surface area contributed by atoms with Crippen molar-refractivity contribution in [2.75, 3.05) is 18.2 Å². The van der Waals surface area contributed by atoms with E-state index >= 15 is 0 Å². The van der Waals surface area contributed by atoms with Gasteiger partial charge in [0.15, 0.2) is 9.84 Å². The number of hydrogen-bond donors (Lipinski definition) is 1. The molecule has 0 aliphatic carbocycles. The number of anilines is 1. The van der Waals surface area contributed by atoms with Crippen molar-refractivity contribution in [2.24, 2.45) is 0 Å². The molecule has 0 radical (unpaired) electrons. The van der Waals surface area contributed by atoms with Crippen LogP contribution in [0.3, 0.4) is 0 Å². The van der Waals surface area contributed by atoms with Crippen molar-refractivity contribution in [3.63, 3.8) is 0 Å². The zero-order valence-corrected chi connectivity index (χ0v) is 14.3. The number of ether oxygens (including phenoxy) is 1. The van der Waals surface area contributed by atoms with Crippen molar-refractivity contribution in [3.8, 4) is 0 Å². The van der Waals surface area contributed by atoms with Gasteiger partial charge < -0.3 is 10.1 Å². The molecule has 0 saturated heterocycles. The molecule has 1 heterocycles. The van der Waals surface area contributed by atoms with E-state index in [2.05, 4.69) is 5.32 Å². The van der Waals surface area contributed by atoms with Gasteiger partial charge in [0.05, 0.1) is 12.2 Å². The number of nitrogens with one attached hydrogen (secondary N) is 1. The third-order valence-electron chi connectivity index (χ3n) is 3.11. The summed E-state index contributed by atoms with van der Waals surface area (Å²) in [6.07, 6.45) is 0.994. The number of hydrogen-bond acceptors (Lipinski definition) is 6. The van der Waals surface area contributed by atoms with Gasteiger partial charge in [-0.2, -0.15) is 0 Å². The van der Waals surface area contributed by atoms with Gasteiger partial charge in [-0.05, 0) is 33.3 Å². The maximum absolute atomic E-state index is 12.0. The van der Waals surface area contributed by atoms with E-state index in [0.29, 0.717) is 5.00 Å². The van der Waals surface area contributed by atoms with Crippen molar-refractivity contribution >= 4 is 38.1 Å². The molecule has 0 spiro atoms. The van der Waals surface area contributed by atoms with Gasteiger partial charge in [-0.1, -0.05) is 0 Å². The van der Waals surface area contributed by atoms with Crippen LogP contribution in [-0.2, 0) is 19.4 Å². The average Bonchev–Trinajstić information content (AvgIpc) is 2.63. The summed E-state index contributed by atoms with van der Waals surface area (Å²) in [5.41, 5.74) is 1.01. The average molecular weight is 333 g/mol. The van der Waals surface area contributed by atoms with E-state index in [0.717, 1.165) is 16.7 Å². The molecule has 8 heteroatoms. The highest BCUT2D eigenvalue weighted by molar-refractivity contribution is 7.92. The summed E-state index contributed by atoms with van der Waals surface area (Å²) < 4.78 is 27.8. The van der Waals surface area contributed by atoms with Gasteiger partial charge in [-0.25, -0.2) is 13.2 Å². The fourth-order valence-electron chi connectivity index (χ4n) is 1.57. The number of rotatable bonds is 5. The highest BCUT2D eigenvalue weighted by Gasteiger charge is 2.27. The largest absolute Gasteiger partial charge is 0.462 e. The van der Waals surface area contributed by atoms with Crippen LogP contribution in [0.1, 0.15) is 34.6 Å². The van der Waals surface area contributed by atoms with Crippen molar-refractivity contribution in [3.05, 3.63) is 16.0 Å². The second-order valence-electron chi connectivity index (χ2n) is 4.67. The Labute approximate surface area is 128 Å². The SMILES string of the molecule is CCOC(=O)c1c(NC(=O)C(C)S(C)(=O)=O)sc(C)c1C. The second-order valence-corrected chi connectivity index (χ2v) is 8.26. The first kappa shape index (κ1) is 17.6. The van der Waals surface area contributed by atoms with Crippen molar-refractivity contribution in [1.29, 1.82) is 0 Å².